The van der Waals surface area contributed by atoms with Gasteiger partial charge in [0, 0.05) is 0 Å². The molecule has 0 aromatic heterocycles. The fourth-order valence-corrected chi connectivity index (χ4v) is 3.22. The number of hydrogen-bond donors (Lipinski definition) is 2. The SMILES string of the molecule is CC1CCCC(C2(O)CC(C(=O)O)C2)C1. The molecule has 2 aliphatic rings. The van der Waals surface area contributed by atoms with Crippen molar-refractivity contribution >= 4 is 5.97 Å². The second kappa shape index (κ2) is 3.78. The fraction of sp³-hybridized carbons (Fsp3) is 0.917. The van der Waals surface area contributed by atoms with E-state index < -0.39 is 11.6 Å². The maximum absolute atomic E-state index is 10.7. The summed E-state index contributed by atoms with van der Waals surface area (Å²) in [5, 5.41) is 19.1. The number of carboxylic acid groups (broad SMARTS) is 1. The lowest BCUT2D eigenvalue weighted by Gasteiger charge is -2.49. The summed E-state index contributed by atoms with van der Waals surface area (Å²) in [7, 11) is 0. The fourth-order valence-electron chi connectivity index (χ4n) is 3.22. The summed E-state index contributed by atoms with van der Waals surface area (Å²) < 4.78 is 0. The van der Waals surface area contributed by atoms with Crippen molar-refractivity contribution in [3.63, 3.8) is 0 Å². The molecule has 0 heterocycles. The second-order valence-corrected chi connectivity index (χ2v) is 5.52. The number of carbonyl (C=O) groups is 1. The molecule has 3 heteroatoms. The molecule has 0 saturated heterocycles. The molecule has 0 amide bonds. The number of aliphatic carboxylic acids is 1. The Kier molecular flexibility index (Phi) is 2.75. The third-order valence-corrected chi connectivity index (χ3v) is 4.25. The van der Waals surface area contributed by atoms with Crippen LogP contribution in [0.25, 0.3) is 0 Å². The minimum Gasteiger partial charge on any atom is -0.481 e. The smallest absolute Gasteiger partial charge is 0.306 e. The third kappa shape index (κ3) is 2.03. The van der Waals surface area contributed by atoms with Gasteiger partial charge >= 0.3 is 5.97 Å². The molecule has 2 fully saturated rings. The summed E-state index contributed by atoms with van der Waals surface area (Å²) in [5.74, 6) is -0.00994. The Morgan fingerprint density at radius 2 is 2.00 bits per heavy atom. The van der Waals surface area contributed by atoms with Gasteiger partial charge in [-0.1, -0.05) is 19.8 Å². The van der Waals surface area contributed by atoms with E-state index in [1.807, 2.05) is 0 Å². The van der Waals surface area contributed by atoms with E-state index in [2.05, 4.69) is 6.92 Å². The molecule has 0 radical (unpaired) electrons. The lowest BCUT2D eigenvalue weighted by molar-refractivity contribution is -0.170. The minimum atomic E-state index is -0.747. The molecule has 2 atom stereocenters. The standard InChI is InChI=1S/C12H20O3/c1-8-3-2-4-10(5-8)12(15)6-9(7-12)11(13)14/h8-10,15H,2-7H2,1H3,(H,13,14). The Balaban J connectivity index is 1.91. The summed E-state index contributed by atoms with van der Waals surface area (Å²) in [6.45, 7) is 2.23. The first-order chi connectivity index (χ1) is 7.01. The van der Waals surface area contributed by atoms with Crippen LogP contribution < -0.4 is 0 Å². The Morgan fingerprint density at radius 1 is 1.33 bits per heavy atom. The zero-order valence-corrected chi connectivity index (χ0v) is 9.28. The van der Waals surface area contributed by atoms with Crippen molar-refractivity contribution < 1.29 is 15.0 Å². The zero-order valence-electron chi connectivity index (χ0n) is 9.28. The van der Waals surface area contributed by atoms with E-state index in [0.29, 0.717) is 24.7 Å². The summed E-state index contributed by atoms with van der Waals surface area (Å²) >= 11 is 0. The minimum absolute atomic E-state index is 0.299. The van der Waals surface area contributed by atoms with Crippen LogP contribution in [0.3, 0.4) is 0 Å². The number of rotatable bonds is 2. The lowest BCUT2D eigenvalue weighted by Crippen LogP contribution is -2.53. The highest BCUT2D eigenvalue weighted by atomic mass is 16.4. The van der Waals surface area contributed by atoms with Gasteiger partial charge in [0.25, 0.3) is 0 Å². The largest absolute Gasteiger partial charge is 0.481 e. The van der Waals surface area contributed by atoms with Crippen LogP contribution >= 0.6 is 0 Å². The van der Waals surface area contributed by atoms with E-state index in [1.54, 1.807) is 0 Å². The van der Waals surface area contributed by atoms with Gasteiger partial charge in [0.1, 0.15) is 0 Å². The van der Waals surface area contributed by atoms with Crippen molar-refractivity contribution in [3.05, 3.63) is 0 Å². The molecular formula is C12H20O3. The van der Waals surface area contributed by atoms with Crippen molar-refractivity contribution in [3.8, 4) is 0 Å². The average Bonchev–Trinajstić information content (AvgIpc) is 2.12. The van der Waals surface area contributed by atoms with Crippen molar-refractivity contribution in [1.29, 1.82) is 0 Å². The maximum Gasteiger partial charge on any atom is 0.306 e. The highest BCUT2D eigenvalue weighted by Crippen LogP contribution is 2.48. The Morgan fingerprint density at radius 3 is 2.53 bits per heavy atom. The predicted molar refractivity (Wildman–Crippen MR) is 56.4 cm³/mol. The molecule has 15 heavy (non-hydrogen) atoms. The molecule has 0 bridgehead atoms. The van der Waals surface area contributed by atoms with Crippen LogP contribution in [0.1, 0.15) is 45.4 Å². The Labute approximate surface area is 90.5 Å². The summed E-state index contributed by atoms with van der Waals surface area (Å²) in [5.41, 5.74) is -0.655. The van der Waals surface area contributed by atoms with Crippen LogP contribution in [0.15, 0.2) is 0 Å². The van der Waals surface area contributed by atoms with Gasteiger partial charge in [-0.25, -0.2) is 0 Å². The van der Waals surface area contributed by atoms with E-state index in [4.69, 9.17) is 5.11 Å². The van der Waals surface area contributed by atoms with Gasteiger partial charge < -0.3 is 10.2 Å². The van der Waals surface area contributed by atoms with Crippen LogP contribution in [-0.4, -0.2) is 21.8 Å². The molecule has 0 spiro atoms. The molecule has 86 valence electrons. The summed E-state index contributed by atoms with van der Waals surface area (Å²) in [6.07, 6.45) is 5.54. The topological polar surface area (TPSA) is 57.5 Å². The highest BCUT2D eigenvalue weighted by molar-refractivity contribution is 5.71. The molecule has 3 nitrogen and oxygen atoms in total. The third-order valence-electron chi connectivity index (χ3n) is 4.25. The van der Waals surface area contributed by atoms with Crippen molar-refractivity contribution in [2.45, 2.75) is 51.0 Å². The molecule has 2 saturated carbocycles. The predicted octanol–water partition coefficient (Wildman–Crippen LogP) is 2.04. The van der Waals surface area contributed by atoms with E-state index in [0.717, 1.165) is 12.8 Å². The molecule has 0 aliphatic heterocycles. The molecule has 2 aliphatic carbocycles. The number of hydrogen-bond acceptors (Lipinski definition) is 2. The lowest BCUT2D eigenvalue weighted by atomic mass is 9.60. The molecule has 0 aromatic carbocycles. The van der Waals surface area contributed by atoms with Crippen LogP contribution in [0, 0.1) is 17.8 Å². The number of carboxylic acids is 1. The molecule has 2 N–H and O–H groups in total. The summed E-state index contributed by atoms with van der Waals surface area (Å²) in [6, 6.07) is 0. The normalized spacial score (nSPS) is 45.9. The van der Waals surface area contributed by atoms with E-state index in [1.165, 1.54) is 12.8 Å². The van der Waals surface area contributed by atoms with Gasteiger partial charge in [-0.2, -0.15) is 0 Å². The van der Waals surface area contributed by atoms with E-state index in [9.17, 15) is 9.90 Å². The monoisotopic (exact) mass is 212 g/mol. The van der Waals surface area contributed by atoms with Crippen LogP contribution in [-0.2, 0) is 4.79 Å². The second-order valence-electron chi connectivity index (χ2n) is 5.52. The van der Waals surface area contributed by atoms with Crippen LogP contribution in [0.4, 0.5) is 0 Å². The molecule has 0 aromatic rings. The van der Waals surface area contributed by atoms with E-state index in [-0.39, 0.29) is 5.92 Å². The summed E-state index contributed by atoms with van der Waals surface area (Å²) in [4.78, 5) is 10.7. The van der Waals surface area contributed by atoms with Crippen molar-refractivity contribution in [2.75, 3.05) is 0 Å². The zero-order chi connectivity index (χ0) is 11.1. The molecule has 2 unspecified atom stereocenters. The maximum atomic E-state index is 10.7. The molecular weight excluding hydrogens is 192 g/mol. The van der Waals surface area contributed by atoms with Gasteiger partial charge in [-0.3, -0.25) is 4.79 Å². The quantitative estimate of drug-likeness (QED) is 0.736. The first-order valence-corrected chi connectivity index (χ1v) is 5.96. The van der Waals surface area contributed by atoms with Gasteiger partial charge in [-0.05, 0) is 37.5 Å². The average molecular weight is 212 g/mol. The van der Waals surface area contributed by atoms with Gasteiger partial charge in [-0.15, -0.1) is 0 Å². The van der Waals surface area contributed by atoms with E-state index >= 15 is 0 Å². The van der Waals surface area contributed by atoms with Crippen LogP contribution in [0.5, 0.6) is 0 Å². The number of aliphatic hydroxyl groups is 1. The highest BCUT2D eigenvalue weighted by Gasteiger charge is 2.51. The first kappa shape index (κ1) is 10.9. The van der Waals surface area contributed by atoms with Crippen LogP contribution in [0.2, 0.25) is 0 Å². The Bertz CT molecular complexity index is 256. The first-order valence-electron chi connectivity index (χ1n) is 5.96. The van der Waals surface area contributed by atoms with Crippen molar-refractivity contribution in [2.24, 2.45) is 17.8 Å². The van der Waals surface area contributed by atoms with Crippen molar-refractivity contribution in [1.82, 2.24) is 0 Å². The van der Waals surface area contributed by atoms with Gasteiger partial charge in [0.05, 0.1) is 11.5 Å². The Hall–Kier alpha value is -0.570. The molecule has 2 rings (SSSR count). The van der Waals surface area contributed by atoms with Gasteiger partial charge in [0.2, 0.25) is 0 Å². The van der Waals surface area contributed by atoms with Gasteiger partial charge in [0.15, 0.2) is 0 Å².